The highest BCUT2D eigenvalue weighted by atomic mass is 16.6. The smallest absolute Gasteiger partial charge is 0.334 e. The fourth-order valence-corrected chi connectivity index (χ4v) is 6.15. The van der Waals surface area contributed by atoms with E-state index in [1.54, 1.807) is 24.7 Å². The molecule has 3 fully saturated rings. The van der Waals surface area contributed by atoms with Gasteiger partial charge >= 0.3 is 17.9 Å². The maximum atomic E-state index is 13.3. The molecule has 1 aromatic heterocycles. The maximum Gasteiger partial charge on any atom is 0.334 e. The van der Waals surface area contributed by atoms with Crippen molar-refractivity contribution in [2.24, 2.45) is 22.7 Å². The van der Waals surface area contributed by atoms with E-state index in [-0.39, 0.29) is 11.9 Å². The van der Waals surface area contributed by atoms with Gasteiger partial charge in [0, 0.05) is 24.3 Å². The highest BCUT2D eigenvalue weighted by Crippen LogP contribution is 2.69. The molecule has 28 heavy (non-hydrogen) atoms. The summed E-state index contributed by atoms with van der Waals surface area (Å²) in [7, 11) is 1.31. The van der Waals surface area contributed by atoms with Crippen LogP contribution in [-0.2, 0) is 28.6 Å². The predicted octanol–water partition coefficient (Wildman–Crippen LogP) is 2.72. The third-order valence-corrected chi connectivity index (χ3v) is 7.44. The summed E-state index contributed by atoms with van der Waals surface area (Å²) in [5.74, 6) is -1.68. The molecular formula is C21H22O7. The van der Waals surface area contributed by atoms with Gasteiger partial charge in [-0.25, -0.2) is 4.79 Å². The summed E-state index contributed by atoms with van der Waals surface area (Å²) in [5, 5.41) is 0. The number of furan rings is 1. The molecule has 7 nitrogen and oxygen atoms in total. The number of cyclic esters (lactones) is 1. The second kappa shape index (κ2) is 5.72. The van der Waals surface area contributed by atoms with Crippen LogP contribution in [0.1, 0.15) is 44.3 Å². The first-order valence-electron chi connectivity index (χ1n) is 9.68. The molecule has 1 spiro atoms. The van der Waals surface area contributed by atoms with Gasteiger partial charge in [0.05, 0.1) is 30.6 Å². The number of hydrogen-bond donors (Lipinski definition) is 0. The fraction of sp³-hybridized carbons (Fsp3) is 0.571. The monoisotopic (exact) mass is 386 g/mol. The van der Waals surface area contributed by atoms with Crippen LogP contribution in [0, 0.1) is 22.7 Å². The molecule has 6 atom stereocenters. The third-order valence-electron chi connectivity index (χ3n) is 7.44. The lowest BCUT2D eigenvalue weighted by atomic mass is 9.46. The third kappa shape index (κ3) is 1.92. The zero-order valence-corrected chi connectivity index (χ0v) is 15.8. The Morgan fingerprint density at radius 3 is 2.79 bits per heavy atom. The van der Waals surface area contributed by atoms with E-state index in [2.05, 4.69) is 0 Å². The van der Waals surface area contributed by atoms with Gasteiger partial charge in [-0.3, -0.25) is 9.59 Å². The van der Waals surface area contributed by atoms with Gasteiger partial charge < -0.3 is 18.6 Å². The summed E-state index contributed by atoms with van der Waals surface area (Å²) in [6.45, 7) is 2.03. The Morgan fingerprint density at radius 2 is 2.07 bits per heavy atom. The molecule has 2 aliphatic heterocycles. The highest BCUT2D eigenvalue weighted by molar-refractivity contribution is 6.01. The molecule has 0 N–H and O–H groups in total. The zero-order valence-electron chi connectivity index (χ0n) is 15.8. The van der Waals surface area contributed by atoms with Gasteiger partial charge in [0.1, 0.15) is 17.6 Å². The van der Waals surface area contributed by atoms with E-state index in [1.165, 1.54) is 7.11 Å². The minimum Gasteiger partial charge on any atom is -0.472 e. The van der Waals surface area contributed by atoms with Crippen LogP contribution >= 0.6 is 0 Å². The van der Waals surface area contributed by atoms with E-state index in [0.717, 1.165) is 5.56 Å². The first-order chi connectivity index (χ1) is 13.4. The van der Waals surface area contributed by atoms with Gasteiger partial charge in [-0.2, -0.15) is 0 Å². The van der Waals surface area contributed by atoms with Crippen LogP contribution in [0.3, 0.4) is 0 Å². The second-order valence-electron chi connectivity index (χ2n) is 8.37. The molecule has 4 aliphatic rings. The van der Waals surface area contributed by atoms with Crippen molar-refractivity contribution in [3.63, 3.8) is 0 Å². The van der Waals surface area contributed by atoms with Crippen LogP contribution in [0.15, 0.2) is 34.7 Å². The van der Waals surface area contributed by atoms with Crippen molar-refractivity contribution >= 4 is 17.9 Å². The SMILES string of the molecule is COC(=O)C1=CC[C@H]2OC(=O)C13CCC(C)[C@]1(CC(c4ccoc4)OC1=O)[C@@H]23. The molecule has 1 aromatic rings. The Morgan fingerprint density at radius 1 is 1.25 bits per heavy atom. The number of carbonyl (C=O) groups excluding carboxylic acids is 3. The summed E-state index contributed by atoms with van der Waals surface area (Å²) >= 11 is 0. The number of ether oxygens (including phenoxy) is 3. The van der Waals surface area contributed by atoms with E-state index in [1.807, 2.05) is 6.92 Å². The standard InChI is InChI=1S/C21H22O7/c1-11-5-7-20-13(17(22)25-2)3-4-14(27-18(20)23)16(20)21(11)9-15(28-19(21)24)12-6-8-26-10-12/h3,6,8,10-11,14-16H,4-5,7,9H2,1-2H3/t11?,14-,15?,16+,20?,21-/m1/s1. The van der Waals surface area contributed by atoms with Crippen molar-refractivity contribution in [3.05, 3.63) is 35.8 Å². The van der Waals surface area contributed by atoms with Gasteiger partial charge in [0.15, 0.2) is 0 Å². The van der Waals surface area contributed by atoms with Crippen LogP contribution in [0.4, 0.5) is 0 Å². The molecule has 7 heteroatoms. The summed E-state index contributed by atoms with van der Waals surface area (Å²) in [6, 6.07) is 1.79. The molecule has 0 radical (unpaired) electrons. The van der Waals surface area contributed by atoms with E-state index < -0.39 is 40.9 Å². The molecule has 2 aliphatic carbocycles. The zero-order chi connectivity index (χ0) is 19.7. The van der Waals surface area contributed by atoms with Gasteiger partial charge in [-0.15, -0.1) is 0 Å². The Kier molecular flexibility index (Phi) is 3.58. The molecule has 2 saturated heterocycles. The van der Waals surface area contributed by atoms with E-state index in [0.29, 0.717) is 31.3 Å². The van der Waals surface area contributed by atoms with Crippen molar-refractivity contribution in [3.8, 4) is 0 Å². The average molecular weight is 386 g/mol. The number of hydrogen-bond acceptors (Lipinski definition) is 7. The molecule has 0 amide bonds. The summed E-state index contributed by atoms with van der Waals surface area (Å²) in [6.07, 6.45) is 5.98. The molecule has 2 bridgehead atoms. The van der Waals surface area contributed by atoms with Crippen LogP contribution in [0.25, 0.3) is 0 Å². The lowest BCUT2D eigenvalue weighted by Crippen LogP contribution is -2.58. The van der Waals surface area contributed by atoms with Gasteiger partial charge in [0.25, 0.3) is 0 Å². The fourth-order valence-electron chi connectivity index (χ4n) is 6.15. The quantitative estimate of drug-likeness (QED) is 0.570. The topological polar surface area (TPSA) is 92.0 Å². The Balaban J connectivity index is 1.64. The summed E-state index contributed by atoms with van der Waals surface area (Å²) in [5.41, 5.74) is -0.877. The molecule has 148 valence electrons. The highest BCUT2D eigenvalue weighted by Gasteiger charge is 2.75. The molecular weight excluding hydrogens is 364 g/mol. The molecule has 3 unspecified atom stereocenters. The lowest BCUT2D eigenvalue weighted by molar-refractivity contribution is -0.163. The molecule has 1 saturated carbocycles. The van der Waals surface area contributed by atoms with Gasteiger partial charge in [-0.05, 0) is 24.8 Å². The lowest BCUT2D eigenvalue weighted by Gasteiger charge is -2.51. The van der Waals surface area contributed by atoms with Crippen molar-refractivity contribution in [1.29, 1.82) is 0 Å². The van der Waals surface area contributed by atoms with Crippen LogP contribution in [0.2, 0.25) is 0 Å². The summed E-state index contributed by atoms with van der Waals surface area (Å²) < 4.78 is 21.7. The molecule has 3 heterocycles. The van der Waals surface area contributed by atoms with Crippen molar-refractivity contribution in [2.75, 3.05) is 7.11 Å². The van der Waals surface area contributed by atoms with Crippen molar-refractivity contribution in [1.82, 2.24) is 0 Å². The largest absolute Gasteiger partial charge is 0.472 e. The number of carbonyl (C=O) groups is 3. The minimum absolute atomic E-state index is 0.00372. The average Bonchev–Trinajstić information content (AvgIpc) is 3.37. The number of methoxy groups -OCH3 is 1. The van der Waals surface area contributed by atoms with Gasteiger partial charge in [0.2, 0.25) is 0 Å². The first kappa shape index (κ1) is 17.5. The first-order valence-corrected chi connectivity index (χ1v) is 9.68. The Bertz CT molecular complexity index is 885. The predicted molar refractivity (Wildman–Crippen MR) is 93.5 cm³/mol. The van der Waals surface area contributed by atoms with E-state index >= 15 is 0 Å². The van der Waals surface area contributed by atoms with Gasteiger partial charge in [-0.1, -0.05) is 13.0 Å². The summed E-state index contributed by atoms with van der Waals surface area (Å²) in [4.78, 5) is 38.9. The van der Waals surface area contributed by atoms with E-state index in [4.69, 9.17) is 18.6 Å². The normalized spacial score (nSPS) is 41.3. The second-order valence-corrected chi connectivity index (χ2v) is 8.37. The van der Waals surface area contributed by atoms with Crippen LogP contribution < -0.4 is 0 Å². The maximum absolute atomic E-state index is 13.3. The molecule has 0 aromatic carbocycles. The van der Waals surface area contributed by atoms with Crippen LogP contribution in [0.5, 0.6) is 0 Å². The Hall–Kier alpha value is -2.57. The van der Waals surface area contributed by atoms with E-state index in [9.17, 15) is 14.4 Å². The van der Waals surface area contributed by atoms with Crippen molar-refractivity contribution < 1.29 is 33.0 Å². The minimum atomic E-state index is -1.13. The number of esters is 3. The molecule has 5 rings (SSSR count). The van der Waals surface area contributed by atoms with Crippen LogP contribution in [-0.4, -0.2) is 31.1 Å². The Labute approximate surface area is 162 Å². The van der Waals surface area contributed by atoms with Crippen molar-refractivity contribution in [2.45, 2.75) is 44.8 Å². The number of rotatable bonds is 2.